The number of halogens is 2. The molecule has 2 N–H and O–H groups in total. The zero-order valence-electron chi connectivity index (χ0n) is 12.5. The van der Waals surface area contributed by atoms with E-state index >= 15 is 0 Å². The number of hydrogen-bond donors (Lipinski definition) is 2. The minimum absolute atomic E-state index is 0.110. The molecule has 0 unspecified atom stereocenters. The van der Waals surface area contributed by atoms with Crippen LogP contribution in [0.15, 0.2) is 48.5 Å². The third-order valence-electron chi connectivity index (χ3n) is 3.37. The molecular formula is C16H10ClFN4O3. The topological polar surface area (TPSA) is 101 Å². The molecule has 1 aromatic heterocycles. The maximum Gasteiger partial charge on any atom is 0.273 e. The Labute approximate surface area is 145 Å². The number of amides is 1. The molecule has 7 nitrogen and oxygen atoms in total. The fourth-order valence-corrected chi connectivity index (χ4v) is 2.28. The molecule has 1 amide bonds. The van der Waals surface area contributed by atoms with Crippen molar-refractivity contribution < 1.29 is 14.1 Å². The lowest BCUT2D eigenvalue weighted by atomic mass is 10.1. The number of nitro benzene ring substituents is 1. The van der Waals surface area contributed by atoms with Gasteiger partial charge in [0.1, 0.15) is 11.5 Å². The quantitative estimate of drug-likeness (QED) is 0.541. The van der Waals surface area contributed by atoms with E-state index in [9.17, 15) is 19.3 Å². The van der Waals surface area contributed by atoms with E-state index in [1.807, 2.05) is 0 Å². The molecule has 0 fully saturated rings. The second-order valence-corrected chi connectivity index (χ2v) is 5.46. The minimum atomic E-state index is -0.588. The maximum absolute atomic E-state index is 13.0. The van der Waals surface area contributed by atoms with Crippen LogP contribution in [0.4, 0.5) is 15.8 Å². The Morgan fingerprint density at radius 2 is 1.92 bits per heavy atom. The third kappa shape index (κ3) is 3.64. The molecule has 0 aliphatic carbocycles. The van der Waals surface area contributed by atoms with E-state index in [4.69, 9.17) is 11.6 Å². The van der Waals surface area contributed by atoms with Gasteiger partial charge in [-0.25, -0.2) is 4.39 Å². The van der Waals surface area contributed by atoms with Crippen LogP contribution < -0.4 is 5.32 Å². The molecule has 0 atom stereocenters. The summed E-state index contributed by atoms with van der Waals surface area (Å²) < 4.78 is 13.0. The fourth-order valence-electron chi connectivity index (χ4n) is 2.12. The molecule has 9 heteroatoms. The number of nitrogens with one attached hydrogen (secondary N) is 2. The number of rotatable bonds is 4. The summed E-state index contributed by atoms with van der Waals surface area (Å²) in [6.45, 7) is 0. The van der Waals surface area contributed by atoms with Crippen molar-refractivity contribution in [3.63, 3.8) is 0 Å². The molecule has 0 spiro atoms. The normalized spacial score (nSPS) is 10.5. The average molecular weight is 361 g/mol. The second kappa shape index (κ2) is 6.70. The average Bonchev–Trinajstić information content (AvgIpc) is 3.07. The van der Waals surface area contributed by atoms with Crippen molar-refractivity contribution in [2.24, 2.45) is 0 Å². The van der Waals surface area contributed by atoms with Gasteiger partial charge in [0.05, 0.1) is 21.3 Å². The number of hydrogen-bond acceptors (Lipinski definition) is 4. The number of nitrogens with zero attached hydrogens (tertiary/aromatic N) is 2. The van der Waals surface area contributed by atoms with Crippen molar-refractivity contribution in [1.82, 2.24) is 10.2 Å². The van der Waals surface area contributed by atoms with Crippen LogP contribution in [-0.4, -0.2) is 21.0 Å². The summed E-state index contributed by atoms with van der Waals surface area (Å²) in [6, 6.07) is 10.8. The molecule has 0 saturated carbocycles. The van der Waals surface area contributed by atoms with Gasteiger partial charge in [0.25, 0.3) is 11.6 Å². The number of carbonyl (C=O) groups excluding carboxylic acids is 1. The van der Waals surface area contributed by atoms with E-state index in [0.717, 1.165) is 6.07 Å². The summed E-state index contributed by atoms with van der Waals surface area (Å²) in [4.78, 5) is 22.5. The Morgan fingerprint density at radius 1 is 1.20 bits per heavy atom. The molecule has 0 bridgehead atoms. The van der Waals surface area contributed by atoms with Gasteiger partial charge in [-0.15, -0.1) is 0 Å². The first-order valence-electron chi connectivity index (χ1n) is 7.00. The number of benzene rings is 2. The van der Waals surface area contributed by atoms with Gasteiger partial charge in [0, 0.05) is 17.7 Å². The molecule has 0 aliphatic rings. The zero-order chi connectivity index (χ0) is 18.0. The highest BCUT2D eigenvalue weighted by molar-refractivity contribution is 6.34. The van der Waals surface area contributed by atoms with Crippen molar-refractivity contribution in [1.29, 1.82) is 0 Å². The van der Waals surface area contributed by atoms with Gasteiger partial charge < -0.3 is 5.32 Å². The molecule has 0 saturated heterocycles. The Kier molecular flexibility index (Phi) is 4.44. The number of nitro groups is 1. The molecule has 0 aliphatic heterocycles. The fraction of sp³-hybridized carbons (Fsp3) is 0. The van der Waals surface area contributed by atoms with Crippen LogP contribution in [0.2, 0.25) is 5.02 Å². The molecule has 1 heterocycles. The summed E-state index contributed by atoms with van der Waals surface area (Å²) in [7, 11) is 0. The molecule has 3 rings (SSSR count). The molecule has 126 valence electrons. The Balaban J connectivity index is 1.82. The van der Waals surface area contributed by atoms with E-state index in [1.165, 1.54) is 42.5 Å². The number of non-ortho nitro benzene ring substituents is 1. The van der Waals surface area contributed by atoms with Crippen molar-refractivity contribution in [2.45, 2.75) is 0 Å². The van der Waals surface area contributed by atoms with Gasteiger partial charge in [0.2, 0.25) is 0 Å². The van der Waals surface area contributed by atoms with Crippen LogP contribution in [0.1, 0.15) is 10.5 Å². The third-order valence-corrected chi connectivity index (χ3v) is 3.70. The standard InChI is InChI=1S/C16H10ClFN4O3/c17-12-6-5-11(22(24)25)7-14(12)19-16(23)15-8-13(20-21-15)9-1-3-10(18)4-2-9/h1-8H,(H,19,23)(H,20,21). The van der Waals surface area contributed by atoms with E-state index in [-0.39, 0.29) is 27.9 Å². The number of aromatic nitrogens is 2. The van der Waals surface area contributed by atoms with Crippen molar-refractivity contribution in [3.8, 4) is 11.3 Å². The molecule has 25 heavy (non-hydrogen) atoms. The maximum atomic E-state index is 13.0. The van der Waals surface area contributed by atoms with Crippen LogP contribution in [0.25, 0.3) is 11.3 Å². The Morgan fingerprint density at radius 3 is 2.60 bits per heavy atom. The van der Waals surface area contributed by atoms with Crippen molar-refractivity contribution in [2.75, 3.05) is 5.32 Å². The van der Waals surface area contributed by atoms with Crippen LogP contribution in [-0.2, 0) is 0 Å². The van der Waals surface area contributed by atoms with Crippen LogP contribution >= 0.6 is 11.6 Å². The van der Waals surface area contributed by atoms with Crippen LogP contribution in [0, 0.1) is 15.9 Å². The van der Waals surface area contributed by atoms with Crippen molar-refractivity contribution >= 4 is 28.9 Å². The van der Waals surface area contributed by atoms with E-state index in [2.05, 4.69) is 15.5 Å². The number of aromatic amines is 1. The lowest BCUT2D eigenvalue weighted by Crippen LogP contribution is -2.12. The monoisotopic (exact) mass is 360 g/mol. The molecule has 3 aromatic rings. The smallest absolute Gasteiger partial charge is 0.273 e. The SMILES string of the molecule is O=C(Nc1cc([N+](=O)[O-])ccc1Cl)c1cc(-c2ccc(F)cc2)n[nH]1. The van der Waals surface area contributed by atoms with E-state index in [1.54, 1.807) is 0 Å². The van der Waals surface area contributed by atoms with Gasteiger partial charge in [-0.05, 0) is 36.4 Å². The van der Waals surface area contributed by atoms with E-state index in [0.29, 0.717) is 11.3 Å². The van der Waals surface area contributed by atoms with Crippen LogP contribution in [0.3, 0.4) is 0 Å². The number of anilines is 1. The molecule has 2 aromatic carbocycles. The summed E-state index contributed by atoms with van der Waals surface area (Å²) in [6.07, 6.45) is 0. The Bertz CT molecular complexity index is 956. The minimum Gasteiger partial charge on any atom is -0.319 e. The van der Waals surface area contributed by atoms with Gasteiger partial charge in [0.15, 0.2) is 0 Å². The van der Waals surface area contributed by atoms with Crippen LogP contribution in [0.5, 0.6) is 0 Å². The Hall–Kier alpha value is -3.26. The highest BCUT2D eigenvalue weighted by Crippen LogP contribution is 2.27. The number of H-pyrrole nitrogens is 1. The van der Waals surface area contributed by atoms with Gasteiger partial charge in [-0.2, -0.15) is 5.10 Å². The van der Waals surface area contributed by atoms with Gasteiger partial charge >= 0.3 is 0 Å². The predicted molar refractivity (Wildman–Crippen MR) is 90.0 cm³/mol. The molecule has 0 radical (unpaired) electrons. The lowest BCUT2D eigenvalue weighted by molar-refractivity contribution is -0.384. The van der Waals surface area contributed by atoms with Crippen molar-refractivity contribution in [3.05, 3.63) is 75.2 Å². The first-order valence-corrected chi connectivity index (χ1v) is 7.38. The lowest BCUT2D eigenvalue weighted by Gasteiger charge is -2.05. The summed E-state index contributed by atoms with van der Waals surface area (Å²) in [5.41, 5.74) is 1.12. The highest BCUT2D eigenvalue weighted by atomic mass is 35.5. The van der Waals surface area contributed by atoms with Gasteiger partial charge in [-0.3, -0.25) is 20.0 Å². The van der Waals surface area contributed by atoms with E-state index < -0.39 is 10.8 Å². The first-order chi connectivity index (χ1) is 11.9. The highest BCUT2D eigenvalue weighted by Gasteiger charge is 2.15. The second-order valence-electron chi connectivity index (χ2n) is 5.05. The summed E-state index contributed by atoms with van der Waals surface area (Å²) >= 11 is 5.95. The molecular weight excluding hydrogens is 351 g/mol. The predicted octanol–water partition coefficient (Wildman–Crippen LogP) is 4.03. The zero-order valence-corrected chi connectivity index (χ0v) is 13.2. The summed E-state index contributed by atoms with van der Waals surface area (Å²) in [5.74, 6) is -0.944. The summed E-state index contributed by atoms with van der Waals surface area (Å²) in [5, 5.41) is 20.0. The number of carbonyl (C=O) groups is 1. The largest absolute Gasteiger partial charge is 0.319 e. The first kappa shape index (κ1) is 16.6. The van der Waals surface area contributed by atoms with Gasteiger partial charge in [-0.1, -0.05) is 11.6 Å².